The van der Waals surface area contributed by atoms with Crippen molar-refractivity contribution in [3.8, 4) is 0 Å². The van der Waals surface area contributed by atoms with Gasteiger partial charge in [0, 0.05) is 16.0 Å². The fourth-order valence-corrected chi connectivity index (χ4v) is 3.84. The van der Waals surface area contributed by atoms with E-state index in [0.717, 1.165) is 27.8 Å². The first-order chi connectivity index (χ1) is 13.1. The Kier molecular flexibility index (Phi) is 4.83. The van der Waals surface area contributed by atoms with Crippen molar-refractivity contribution in [2.24, 2.45) is 0 Å². The number of hydrogen-bond donors (Lipinski definition) is 3. The van der Waals surface area contributed by atoms with Gasteiger partial charge in [-0.05, 0) is 49.1 Å². The lowest BCUT2D eigenvalue weighted by molar-refractivity contribution is 0.103. The van der Waals surface area contributed by atoms with E-state index in [1.165, 1.54) is 16.2 Å². The quantitative estimate of drug-likeness (QED) is 0.412. The second kappa shape index (κ2) is 7.42. The first-order valence-corrected chi connectivity index (χ1v) is 10.3. The fourth-order valence-electron chi connectivity index (χ4n) is 2.70. The zero-order valence-electron chi connectivity index (χ0n) is 14.7. The van der Waals surface area contributed by atoms with Crippen molar-refractivity contribution in [1.82, 2.24) is 15.2 Å². The molecule has 1 amide bonds. The summed E-state index contributed by atoms with van der Waals surface area (Å²) < 4.78 is 0. The third kappa shape index (κ3) is 3.67. The van der Waals surface area contributed by atoms with Gasteiger partial charge in [0.2, 0.25) is 0 Å². The number of H-pyrrole nitrogens is 1. The van der Waals surface area contributed by atoms with E-state index in [-0.39, 0.29) is 5.91 Å². The molecule has 27 heavy (non-hydrogen) atoms. The largest absolute Gasteiger partial charge is 0.332 e. The average molecular weight is 396 g/mol. The minimum absolute atomic E-state index is 0.185. The summed E-state index contributed by atoms with van der Waals surface area (Å²) in [4.78, 5) is 18.7. The van der Waals surface area contributed by atoms with Crippen molar-refractivity contribution in [3.63, 3.8) is 0 Å². The molecule has 0 bridgehead atoms. The van der Waals surface area contributed by atoms with Crippen LogP contribution >= 0.6 is 23.1 Å². The van der Waals surface area contributed by atoms with Crippen molar-refractivity contribution in [3.05, 3.63) is 59.2 Å². The Bertz CT molecular complexity index is 1100. The number of aryl methyl sites for hydroxylation is 1. The number of carbonyl (C=O) groups is 1. The van der Waals surface area contributed by atoms with Gasteiger partial charge in [-0.15, -0.1) is 11.8 Å². The van der Waals surface area contributed by atoms with Crippen LogP contribution in [-0.2, 0) is 0 Å². The minimum Gasteiger partial charge on any atom is -0.332 e. The van der Waals surface area contributed by atoms with Gasteiger partial charge in [0.05, 0.1) is 23.6 Å². The number of nitrogens with zero attached hydrogens (tertiary/aromatic N) is 2. The third-order valence-corrected chi connectivity index (χ3v) is 5.80. The summed E-state index contributed by atoms with van der Waals surface area (Å²) in [7, 11) is 0. The van der Waals surface area contributed by atoms with Crippen molar-refractivity contribution in [2.75, 3.05) is 16.9 Å². The lowest BCUT2D eigenvalue weighted by Gasteiger charge is -2.08. The molecule has 6 nitrogen and oxygen atoms in total. The molecule has 0 aliphatic rings. The molecule has 0 aliphatic carbocycles. The molecule has 4 rings (SSSR count). The molecule has 0 spiro atoms. The summed E-state index contributed by atoms with van der Waals surface area (Å²) >= 11 is 3.01. The molecule has 2 aromatic carbocycles. The fraction of sp³-hybridized carbons (Fsp3) is 0.105. The molecular formula is C19H17N5OS2. The Morgan fingerprint density at radius 1 is 1.15 bits per heavy atom. The summed E-state index contributed by atoms with van der Waals surface area (Å²) in [5, 5.41) is 14.8. The van der Waals surface area contributed by atoms with Crippen molar-refractivity contribution in [1.29, 1.82) is 0 Å². The zero-order chi connectivity index (χ0) is 18.8. The van der Waals surface area contributed by atoms with Crippen LogP contribution in [0.2, 0.25) is 0 Å². The van der Waals surface area contributed by atoms with Crippen LogP contribution in [0.1, 0.15) is 15.2 Å². The van der Waals surface area contributed by atoms with Crippen LogP contribution in [0.4, 0.5) is 16.5 Å². The van der Waals surface area contributed by atoms with Gasteiger partial charge in [-0.25, -0.2) is 4.98 Å². The number of amides is 1. The highest BCUT2D eigenvalue weighted by atomic mass is 32.2. The number of nitrogens with one attached hydrogen (secondary N) is 3. The summed E-state index contributed by atoms with van der Waals surface area (Å²) in [6.07, 6.45) is 5.35. The van der Waals surface area contributed by atoms with Crippen LogP contribution in [0, 0.1) is 6.92 Å². The average Bonchev–Trinajstić information content (AvgIpc) is 3.34. The monoisotopic (exact) mass is 395 g/mol. The molecular weight excluding hydrogens is 378 g/mol. The zero-order valence-corrected chi connectivity index (χ0v) is 16.4. The highest BCUT2D eigenvalue weighted by molar-refractivity contribution is 7.98. The summed E-state index contributed by atoms with van der Waals surface area (Å²) in [5.41, 5.74) is 3.57. The van der Waals surface area contributed by atoms with Gasteiger partial charge in [0.1, 0.15) is 4.88 Å². The Morgan fingerprint density at radius 3 is 2.74 bits per heavy atom. The number of fused-ring (bicyclic) bond motifs is 1. The maximum atomic E-state index is 12.7. The van der Waals surface area contributed by atoms with Gasteiger partial charge in [0.25, 0.3) is 5.91 Å². The van der Waals surface area contributed by atoms with Gasteiger partial charge >= 0.3 is 0 Å². The van der Waals surface area contributed by atoms with Gasteiger partial charge in [-0.1, -0.05) is 17.4 Å². The summed E-state index contributed by atoms with van der Waals surface area (Å²) in [6, 6.07) is 12.0. The van der Waals surface area contributed by atoms with E-state index in [0.29, 0.717) is 10.0 Å². The second-order valence-electron chi connectivity index (χ2n) is 5.93. The van der Waals surface area contributed by atoms with Gasteiger partial charge in [-0.2, -0.15) is 5.10 Å². The van der Waals surface area contributed by atoms with E-state index in [1.807, 2.05) is 49.6 Å². The first kappa shape index (κ1) is 17.6. The number of aromatic nitrogens is 3. The van der Waals surface area contributed by atoms with Gasteiger partial charge < -0.3 is 10.6 Å². The van der Waals surface area contributed by atoms with Gasteiger partial charge in [0.15, 0.2) is 5.13 Å². The minimum atomic E-state index is -0.185. The topological polar surface area (TPSA) is 82.7 Å². The summed E-state index contributed by atoms with van der Waals surface area (Å²) in [5.74, 6) is -0.185. The predicted octanol–water partition coefficient (Wildman–Crippen LogP) is 5.05. The molecule has 136 valence electrons. The maximum absolute atomic E-state index is 12.7. The Morgan fingerprint density at radius 2 is 1.96 bits per heavy atom. The second-order valence-corrected chi connectivity index (χ2v) is 7.84. The van der Waals surface area contributed by atoms with Crippen LogP contribution in [0.15, 0.2) is 53.7 Å². The number of rotatable bonds is 5. The number of anilines is 3. The molecule has 8 heteroatoms. The highest BCUT2D eigenvalue weighted by Crippen LogP contribution is 2.28. The number of aromatic amines is 1. The van der Waals surface area contributed by atoms with Crippen LogP contribution in [0.3, 0.4) is 0 Å². The molecule has 0 saturated heterocycles. The predicted molar refractivity (Wildman–Crippen MR) is 112 cm³/mol. The van der Waals surface area contributed by atoms with E-state index >= 15 is 0 Å². The van der Waals surface area contributed by atoms with E-state index in [2.05, 4.69) is 25.8 Å². The lowest BCUT2D eigenvalue weighted by atomic mass is 10.1. The third-order valence-electron chi connectivity index (χ3n) is 4.14. The highest BCUT2D eigenvalue weighted by Gasteiger charge is 2.14. The van der Waals surface area contributed by atoms with E-state index in [1.54, 1.807) is 24.2 Å². The Labute approximate surface area is 164 Å². The number of hydrogen-bond acceptors (Lipinski definition) is 6. The Balaban J connectivity index is 1.51. The molecule has 0 aliphatic heterocycles. The summed E-state index contributed by atoms with van der Waals surface area (Å²) in [6.45, 7) is 1.96. The number of thiazole rings is 1. The molecule has 0 radical (unpaired) electrons. The number of benzene rings is 2. The molecule has 4 aromatic rings. The molecule has 2 aromatic heterocycles. The van der Waals surface area contributed by atoms with E-state index < -0.39 is 0 Å². The van der Waals surface area contributed by atoms with Crippen LogP contribution in [0.25, 0.3) is 10.9 Å². The normalized spacial score (nSPS) is 10.9. The number of carbonyl (C=O) groups excluding carboxylic acids is 1. The molecule has 0 fully saturated rings. The molecule has 0 unspecified atom stereocenters. The molecule has 3 N–H and O–H groups in total. The van der Waals surface area contributed by atoms with Crippen molar-refractivity contribution >= 4 is 56.4 Å². The lowest BCUT2D eigenvalue weighted by Crippen LogP contribution is -2.11. The van der Waals surface area contributed by atoms with Crippen molar-refractivity contribution in [2.45, 2.75) is 11.8 Å². The first-order valence-electron chi connectivity index (χ1n) is 8.25. The van der Waals surface area contributed by atoms with Crippen molar-refractivity contribution < 1.29 is 4.79 Å². The molecule has 0 saturated carbocycles. The van der Waals surface area contributed by atoms with Crippen LogP contribution in [0.5, 0.6) is 0 Å². The van der Waals surface area contributed by atoms with E-state index in [4.69, 9.17) is 0 Å². The van der Waals surface area contributed by atoms with Crippen LogP contribution < -0.4 is 10.6 Å². The van der Waals surface area contributed by atoms with Gasteiger partial charge in [-0.3, -0.25) is 9.89 Å². The van der Waals surface area contributed by atoms with Crippen LogP contribution in [-0.4, -0.2) is 27.3 Å². The molecule has 2 heterocycles. The number of thioether (sulfide) groups is 1. The SMILES string of the molecule is CSc1ccc(Nc2ncc(C(=O)Nc3c(C)ccc4[nH]ncc34)s2)cc1. The standard InChI is InChI=1S/C19H17N5OS2/c1-11-3-8-15-14(9-21-24-15)17(11)23-18(25)16-10-20-19(27-16)22-12-4-6-13(26-2)7-5-12/h3-10H,1-2H3,(H,20,22)(H,21,24)(H,23,25). The smallest absolute Gasteiger partial charge is 0.267 e. The molecule has 0 atom stereocenters. The Hall–Kier alpha value is -2.84. The maximum Gasteiger partial charge on any atom is 0.267 e. The van der Waals surface area contributed by atoms with E-state index in [9.17, 15) is 4.79 Å².